The molecule has 1 fully saturated rings. The molecule has 0 saturated carbocycles. The zero-order valence-electron chi connectivity index (χ0n) is 6.28. The van der Waals surface area contributed by atoms with E-state index in [0.717, 1.165) is 5.92 Å². The highest BCUT2D eigenvalue weighted by molar-refractivity contribution is 4.54. The van der Waals surface area contributed by atoms with Crippen LogP contribution in [-0.4, -0.2) is 20.1 Å². The quantitative estimate of drug-likeness (QED) is 0.429. The molecule has 1 nitrogen and oxygen atoms in total. The number of nitrogens with one attached hydrogen (secondary N) is 1. The molecule has 1 heterocycles. The summed E-state index contributed by atoms with van der Waals surface area (Å²) < 4.78 is 0. The normalized spacial score (nSPS) is 35.3. The number of halogens is 1. The van der Waals surface area contributed by atoms with Crippen LogP contribution in [0.5, 0.6) is 0 Å². The Hall–Kier alpha value is 0.690. The van der Waals surface area contributed by atoms with E-state index in [-0.39, 0.29) is 24.0 Å². The van der Waals surface area contributed by atoms with Gasteiger partial charge in [0.05, 0.1) is 20.1 Å². The van der Waals surface area contributed by atoms with Crippen LogP contribution < -0.4 is 28.9 Å². The van der Waals surface area contributed by atoms with Crippen molar-refractivity contribution in [1.29, 1.82) is 0 Å². The fourth-order valence-corrected chi connectivity index (χ4v) is 1.25. The number of likely N-dealkylation sites (tertiary alicyclic amines) is 1. The number of quaternary nitrogens is 1. The SMILES string of the molecule is CC1CC[NH+](C)CC1.[I-]. The molecular weight excluding hydrogens is 225 g/mol. The van der Waals surface area contributed by atoms with Crippen LogP contribution in [0.25, 0.3) is 0 Å². The Morgan fingerprint density at radius 2 is 1.67 bits per heavy atom. The Kier molecular flexibility index (Phi) is 4.84. The van der Waals surface area contributed by atoms with E-state index in [9.17, 15) is 0 Å². The third-order valence-corrected chi connectivity index (χ3v) is 2.13. The molecule has 0 radical (unpaired) electrons. The first-order valence-corrected chi connectivity index (χ1v) is 3.60. The fraction of sp³-hybridized carbons (Fsp3) is 1.00. The van der Waals surface area contributed by atoms with Crippen molar-refractivity contribution in [2.75, 3.05) is 20.1 Å². The molecule has 0 atom stereocenters. The highest BCUT2D eigenvalue weighted by Gasteiger charge is 2.13. The van der Waals surface area contributed by atoms with E-state index in [1.165, 1.54) is 25.9 Å². The maximum atomic E-state index is 2.35. The van der Waals surface area contributed by atoms with E-state index in [4.69, 9.17) is 0 Å². The van der Waals surface area contributed by atoms with E-state index in [0.29, 0.717) is 0 Å². The molecule has 0 aromatic rings. The maximum Gasteiger partial charge on any atom is 0.0771 e. The third-order valence-electron chi connectivity index (χ3n) is 2.13. The van der Waals surface area contributed by atoms with Gasteiger partial charge in [0.1, 0.15) is 0 Å². The summed E-state index contributed by atoms with van der Waals surface area (Å²) in [4.78, 5) is 1.71. The van der Waals surface area contributed by atoms with Gasteiger partial charge in [-0.05, 0) is 18.8 Å². The molecule has 1 rings (SSSR count). The minimum absolute atomic E-state index is 0. The van der Waals surface area contributed by atoms with Crippen LogP contribution >= 0.6 is 0 Å². The fourth-order valence-electron chi connectivity index (χ4n) is 1.25. The van der Waals surface area contributed by atoms with E-state index in [1.807, 2.05) is 0 Å². The van der Waals surface area contributed by atoms with Crippen LogP contribution in [0.1, 0.15) is 19.8 Å². The Morgan fingerprint density at radius 1 is 1.22 bits per heavy atom. The van der Waals surface area contributed by atoms with Gasteiger partial charge in [-0.2, -0.15) is 0 Å². The van der Waals surface area contributed by atoms with Crippen molar-refractivity contribution >= 4 is 0 Å². The lowest BCUT2D eigenvalue weighted by Crippen LogP contribution is -3.10. The number of piperidine rings is 1. The lowest BCUT2D eigenvalue weighted by atomic mass is 10.00. The average Bonchev–Trinajstić information content (AvgIpc) is 1.77. The molecule has 0 aromatic heterocycles. The zero-order chi connectivity index (χ0) is 5.98. The summed E-state index contributed by atoms with van der Waals surface area (Å²) in [5, 5.41) is 0. The van der Waals surface area contributed by atoms with Gasteiger partial charge < -0.3 is 28.9 Å². The van der Waals surface area contributed by atoms with Crippen LogP contribution in [0, 0.1) is 5.92 Å². The summed E-state index contributed by atoms with van der Waals surface area (Å²) in [5.74, 6) is 0.999. The minimum Gasteiger partial charge on any atom is -1.00 e. The zero-order valence-corrected chi connectivity index (χ0v) is 8.44. The molecule has 1 saturated heterocycles. The van der Waals surface area contributed by atoms with Crippen molar-refractivity contribution in [1.82, 2.24) is 0 Å². The van der Waals surface area contributed by atoms with Gasteiger partial charge in [-0.3, -0.25) is 0 Å². The Morgan fingerprint density at radius 3 is 2.00 bits per heavy atom. The van der Waals surface area contributed by atoms with Crippen molar-refractivity contribution in [3.8, 4) is 0 Å². The number of rotatable bonds is 0. The molecule has 0 bridgehead atoms. The molecule has 0 spiro atoms. The molecule has 1 aliphatic rings. The van der Waals surface area contributed by atoms with Crippen molar-refractivity contribution < 1.29 is 28.9 Å². The summed E-state index contributed by atoms with van der Waals surface area (Å²) in [6.07, 6.45) is 2.87. The predicted molar refractivity (Wildman–Crippen MR) is 35.0 cm³/mol. The van der Waals surface area contributed by atoms with Crippen molar-refractivity contribution in [2.45, 2.75) is 19.8 Å². The summed E-state index contributed by atoms with van der Waals surface area (Å²) in [6.45, 7) is 5.13. The molecule has 9 heavy (non-hydrogen) atoms. The first-order chi connectivity index (χ1) is 3.79. The van der Waals surface area contributed by atoms with Crippen molar-refractivity contribution in [3.63, 3.8) is 0 Å². The molecule has 1 aliphatic heterocycles. The molecule has 56 valence electrons. The Bertz CT molecular complexity index is 57.3. The Labute approximate surface area is 74.8 Å². The Balaban J connectivity index is 0.000000640. The lowest BCUT2D eigenvalue weighted by Gasteiger charge is -2.23. The van der Waals surface area contributed by atoms with E-state index in [2.05, 4.69) is 14.0 Å². The van der Waals surface area contributed by atoms with Crippen LogP contribution in [0.4, 0.5) is 0 Å². The third kappa shape index (κ3) is 3.40. The standard InChI is InChI=1S/C7H15N.HI/c1-7-3-5-8(2)6-4-7;/h7H,3-6H2,1-2H3;1H. The van der Waals surface area contributed by atoms with Gasteiger partial charge in [0.15, 0.2) is 0 Å². The van der Waals surface area contributed by atoms with E-state index < -0.39 is 0 Å². The van der Waals surface area contributed by atoms with Gasteiger partial charge in [0.2, 0.25) is 0 Å². The second-order valence-electron chi connectivity index (χ2n) is 3.14. The highest BCUT2D eigenvalue weighted by atomic mass is 127. The smallest absolute Gasteiger partial charge is 0.0771 e. The first-order valence-electron chi connectivity index (χ1n) is 3.60. The topological polar surface area (TPSA) is 4.44 Å². The molecule has 0 aromatic carbocycles. The molecule has 0 unspecified atom stereocenters. The molecule has 2 heteroatoms. The highest BCUT2D eigenvalue weighted by Crippen LogP contribution is 2.05. The van der Waals surface area contributed by atoms with Crippen LogP contribution in [-0.2, 0) is 0 Å². The summed E-state index contributed by atoms with van der Waals surface area (Å²) >= 11 is 0. The van der Waals surface area contributed by atoms with Crippen LogP contribution in [0.3, 0.4) is 0 Å². The van der Waals surface area contributed by atoms with Gasteiger partial charge in [-0.15, -0.1) is 0 Å². The van der Waals surface area contributed by atoms with Crippen molar-refractivity contribution in [2.24, 2.45) is 5.92 Å². The number of hydrogen-bond donors (Lipinski definition) is 1. The first kappa shape index (κ1) is 9.69. The molecule has 1 N–H and O–H groups in total. The van der Waals surface area contributed by atoms with Gasteiger partial charge in [-0.1, -0.05) is 6.92 Å². The van der Waals surface area contributed by atoms with Gasteiger partial charge in [-0.25, -0.2) is 0 Å². The van der Waals surface area contributed by atoms with Gasteiger partial charge in [0.25, 0.3) is 0 Å². The average molecular weight is 241 g/mol. The second kappa shape index (κ2) is 4.50. The second-order valence-corrected chi connectivity index (χ2v) is 3.14. The molecular formula is C7H16IN. The van der Waals surface area contributed by atoms with Gasteiger partial charge in [0, 0.05) is 0 Å². The predicted octanol–water partition coefficient (Wildman–Crippen LogP) is -3.06. The van der Waals surface area contributed by atoms with Gasteiger partial charge >= 0.3 is 0 Å². The van der Waals surface area contributed by atoms with Crippen LogP contribution in [0.15, 0.2) is 0 Å². The summed E-state index contributed by atoms with van der Waals surface area (Å²) in [5.41, 5.74) is 0. The minimum atomic E-state index is 0. The lowest BCUT2D eigenvalue weighted by molar-refractivity contribution is -0.885. The summed E-state index contributed by atoms with van der Waals surface area (Å²) in [7, 11) is 2.28. The largest absolute Gasteiger partial charge is 1.00 e. The molecule has 0 aliphatic carbocycles. The van der Waals surface area contributed by atoms with E-state index >= 15 is 0 Å². The van der Waals surface area contributed by atoms with E-state index in [1.54, 1.807) is 4.90 Å². The van der Waals surface area contributed by atoms with Crippen molar-refractivity contribution in [3.05, 3.63) is 0 Å². The summed E-state index contributed by atoms with van der Waals surface area (Å²) in [6, 6.07) is 0. The number of hydrogen-bond acceptors (Lipinski definition) is 0. The maximum absolute atomic E-state index is 2.35. The molecule has 0 amide bonds. The monoisotopic (exact) mass is 241 g/mol. The van der Waals surface area contributed by atoms with Crippen LogP contribution in [0.2, 0.25) is 0 Å².